The van der Waals surface area contributed by atoms with E-state index in [0.29, 0.717) is 37.3 Å². The molecule has 0 heterocycles. The van der Waals surface area contributed by atoms with E-state index in [0.717, 1.165) is 0 Å². The molecule has 1 rings (SSSR count). The van der Waals surface area contributed by atoms with Crippen molar-refractivity contribution in [1.29, 1.82) is 5.26 Å². The Labute approximate surface area is 141 Å². The molecule has 0 aromatic heterocycles. The standard InChI is InChI=1S/C18H21FN2O3/c1-3-24-10-4-9-21-18(23)16(12-20)17(22)11-13(2)14-5-7-15(19)8-6-14/h5-8,11,16H,3-4,9-10H2,1-2H3,(H,21,23)/b13-11-/t16-/m1/s1. The highest BCUT2D eigenvalue weighted by Crippen LogP contribution is 2.15. The molecule has 0 radical (unpaired) electrons. The fraction of sp³-hybridized carbons (Fsp3) is 0.389. The molecule has 128 valence electrons. The number of amides is 1. The predicted octanol–water partition coefficient (Wildman–Crippen LogP) is 2.48. The summed E-state index contributed by atoms with van der Waals surface area (Å²) in [6.07, 6.45) is 1.84. The van der Waals surface area contributed by atoms with Gasteiger partial charge in [0.05, 0.1) is 6.07 Å². The summed E-state index contributed by atoms with van der Waals surface area (Å²) < 4.78 is 18.0. The van der Waals surface area contributed by atoms with Gasteiger partial charge >= 0.3 is 0 Å². The summed E-state index contributed by atoms with van der Waals surface area (Å²) in [5.74, 6) is -2.99. The van der Waals surface area contributed by atoms with Crippen LogP contribution >= 0.6 is 0 Å². The van der Waals surface area contributed by atoms with Crippen molar-refractivity contribution in [1.82, 2.24) is 5.32 Å². The second-order valence-corrected chi connectivity index (χ2v) is 5.14. The molecule has 0 bridgehead atoms. The highest BCUT2D eigenvalue weighted by atomic mass is 19.1. The normalized spacial score (nSPS) is 12.3. The number of carbonyl (C=O) groups excluding carboxylic acids is 2. The topological polar surface area (TPSA) is 79.2 Å². The second kappa shape index (κ2) is 10.3. The summed E-state index contributed by atoms with van der Waals surface area (Å²) in [7, 11) is 0. The number of benzene rings is 1. The minimum atomic E-state index is -1.40. The Morgan fingerprint density at radius 2 is 2.04 bits per heavy atom. The summed E-state index contributed by atoms with van der Waals surface area (Å²) >= 11 is 0. The fourth-order valence-electron chi connectivity index (χ4n) is 1.98. The number of halogens is 1. The van der Waals surface area contributed by atoms with E-state index in [2.05, 4.69) is 5.32 Å². The average molecular weight is 332 g/mol. The first-order valence-corrected chi connectivity index (χ1v) is 7.72. The zero-order chi connectivity index (χ0) is 17.9. The highest BCUT2D eigenvalue weighted by Gasteiger charge is 2.24. The van der Waals surface area contributed by atoms with Crippen LogP contribution in [0.4, 0.5) is 4.39 Å². The maximum atomic E-state index is 12.9. The third-order valence-electron chi connectivity index (χ3n) is 3.30. The molecule has 1 aromatic rings. The van der Waals surface area contributed by atoms with Gasteiger partial charge in [-0.15, -0.1) is 0 Å². The van der Waals surface area contributed by atoms with Gasteiger partial charge in [-0.3, -0.25) is 9.59 Å². The average Bonchev–Trinajstić information content (AvgIpc) is 2.55. The summed E-state index contributed by atoms with van der Waals surface area (Å²) in [5, 5.41) is 11.6. The highest BCUT2D eigenvalue weighted by molar-refractivity contribution is 6.11. The van der Waals surface area contributed by atoms with Crippen molar-refractivity contribution in [3.8, 4) is 6.07 Å². The first-order chi connectivity index (χ1) is 11.5. The third kappa shape index (κ3) is 6.31. The van der Waals surface area contributed by atoms with Crippen molar-refractivity contribution in [3.63, 3.8) is 0 Å². The molecule has 0 saturated carbocycles. The van der Waals surface area contributed by atoms with Gasteiger partial charge in [-0.1, -0.05) is 12.1 Å². The van der Waals surface area contributed by atoms with E-state index in [1.165, 1.54) is 30.3 Å². The van der Waals surface area contributed by atoms with Gasteiger partial charge in [0, 0.05) is 19.8 Å². The van der Waals surface area contributed by atoms with E-state index >= 15 is 0 Å². The number of hydrogen-bond acceptors (Lipinski definition) is 4. The SMILES string of the molecule is CCOCCCNC(=O)[C@H](C#N)C(=O)/C=C(/C)c1ccc(F)cc1. The predicted molar refractivity (Wildman–Crippen MR) is 88.3 cm³/mol. The molecule has 0 saturated heterocycles. The van der Waals surface area contributed by atoms with Gasteiger partial charge in [-0.2, -0.15) is 5.26 Å². The van der Waals surface area contributed by atoms with Crippen LogP contribution in [-0.4, -0.2) is 31.4 Å². The number of hydrogen-bond donors (Lipinski definition) is 1. The molecule has 1 N–H and O–H groups in total. The van der Waals surface area contributed by atoms with E-state index in [4.69, 9.17) is 10.00 Å². The van der Waals surface area contributed by atoms with Gasteiger partial charge < -0.3 is 10.1 Å². The van der Waals surface area contributed by atoms with Crippen molar-refractivity contribution < 1.29 is 18.7 Å². The van der Waals surface area contributed by atoms with E-state index < -0.39 is 17.6 Å². The maximum absolute atomic E-state index is 12.9. The van der Waals surface area contributed by atoms with Crippen LogP contribution in [0.2, 0.25) is 0 Å². The minimum Gasteiger partial charge on any atom is -0.382 e. The Kier molecular flexibility index (Phi) is 8.37. The zero-order valence-corrected chi connectivity index (χ0v) is 13.8. The lowest BCUT2D eigenvalue weighted by molar-refractivity contribution is -0.129. The summed E-state index contributed by atoms with van der Waals surface area (Å²) in [5.41, 5.74) is 1.21. The molecular formula is C18H21FN2O3. The lowest BCUT2D eigenvalue weighted by Gasteiger charge is -2.09. The molecule has 1 atom stereocenters. The van der Waals surface area contributed by atoms with Gasteiger partial charge in [0.15, 0.2) is 11.7 Å². The van der Waals surface area contributed by atoms with E-state index in [9.17, 15) is 14.0 Å². The number of nitrogens with one attached hydrogen (secondary N) is 1. The van der Waals surface area contributed by atoms with Gasteiger partial charge in [0.1, 0.15) is 5.82 Å². The molecule has 0 aliphatic carbocycles. The van der Waals surface area contributed by atoms with Gasteiger partial charge in [-0.25, -0.2) is 4.39 Å². The molecule has 5 nitrogen and oxygen atoms in total. The zero-order valence-electron chi connectivity index (χ0n) is 13.8. The fourth-order valence-corrected chi connectivity index (χ4v) is 1.98. The molecule has 1 aromatic carbocycles. The molecule has 6 heteroatoms. The second-order valence-electron chi connectivity index (χ2n) is 5.14. The monoisotopic (exact) mass is 332 g/mol. The molecule has 0 fully saturated rings. The Morgan fingerprint density at radius 3 is 2.62 bits per heavy atom. The van der Waals surface area contributed by atoms with E-state index in [1.807, 2.05) is 6.92 Å². The van der Waals surface area contributed by atoms with Crippen LogP contribution in [0.25, 0.3) is 5.57 Å². The molecule has 1 amide bonds. The summed E-state index contributed by atoms with van der Waals surface area (Å²) in [6.45, 7) is 4.98. The van der Waals surface area contributed by atoms with Gasteiger partial charge in [-0.05, 0) is 49.6 Å². The lowest BCUT2D eigenvalue weighted by atomic mass is 9.99. The maximum Gasteiger partial charge on any atom is 0.245 e. The number of nitrogens with zero attached hydrogens (tertiary/aromatic N) is 1. The minimum absolute atomic E-state index is 0.338. The van der Waals surface area contributed by atoms with Crippen molar-refractivity contribution in [2.45, 2.75) is 20.3 Å². The Hall–Kier alpha value is -2.52. The first-order valence-electron chi connectivity index (χ1n) is 7.72. The van der Waals surface area contributed by atoms with Crippen LogP contribution in [0, 0.1) is 23.1 Å². The number of ketones is 1. The largest absolute Gasteiger partial charge is 0.382 e. The molecular weight excluding hydrogens is 311 g/mol. The third-order valence-corrected chi connectivity index (χ3v) is 3.30. The van der Waals surface area contributed by atoms with Crippen molar-refractivity contribution >= 4 is 17.3 Å². The van der Waals surface area contributed by atoms with Crippen LogP contribution in [-0.2, 0) is 14.3 Å². The van der Waals surface area contributed by atoms with Crippen molar-refractivity contribution in [3.05, 3.63) is 41.7 Å². The number of ether oxygens (including phenoxy) is 1. The van der Waals surface area contributed by atoms with E-state index in [1.54, 1.807) is 13.0 Å². The summed E-state index contributed by atoms with van der Waals surface area (Å²) in [4.78, 5) is 24.1. The van der Waals surface area contributed by atoms with Crippen LogP contribution in [0.5, 0.6) is 0 Å². The Bertz CT molecular complexity index is 633. The molecule has 0 aliphatic rings. The molecule has 24 heavy (non-hydrogen) atoms. The molecule has 0 spiro atoms. The number of allylic oxidation sites excluding steroid dienone is 2. The number of nitriles is 1. The van der Waals surface area contributed by atoms with Crippen LogP contribution in [0.1, 0.15) is 25.8 Å². The quantitative estimate of drug-likeness (QED) is 0.428. The lowest BCUT2D eigenvalue weighted by Crippen LogP contribution is -2.35. The van der Waals surface area contributed by atoms with Crippen LogP contribution in [0.3, 0.4) is 0 Å². The van der Waals surface area contributed by atoms with E-state index in [-0.39, 0.29) is 5.82 Å². The molecule has 0 unspecified atom stereocenters. The summed E-state index contributed by atoms with van der Waals surface area (Å²) in [6, 6.07) is 7.35. The van der Waals surface area contributed by atoms with Gasteiger partial charge in [0.2, 0.25) is 5.91 Å². The number of carbonyl (C=O) groups is 2. The van der Waals surface area contributed by atoms with Crippen molar-refractivity contribution in [2.75, 3.05) is 19.8 Å². The molecule has 0 aliphatic heterocycles. The van der Waals surface area contributed by atoms with Crippen LogP contribution < -0.4 is 5.32 Å². The first kappa shape index (κ1) is 19.5. The smallest absolute Gasteiger partial charge is 0.245 e. The Morgan fingerprint density at radius 1 is 1.38 bits per heavy atom. The van der Waals surface area contributed by atoms with Crippen LogP contribution in [0.15, 0.2) is 30.3 Å². The Balaban J connectivity index is 2.65. The van der Waals surface area contributed by atoms with Crippen molar-refractivity contribution in [2.24, 2.45) is 5.92 Å². The van der Waals surface area contributed by atoms with Gasteiger partial charge in [0.25, 0.3) is 0 Å². The number of rotatable bonds is 9.